The average molecular weight is 322 g/mol. The first-order chi connectivity index (χ1) is 10.1. The second-order valence-electron chi connectivity index (χ2n) is 4.34. The van der Waals surface area contributed by atoms with Gasteiger partial charge in [0.05, 0.1) is 5.69 Å². The monoisotopic (exact) mass is 321 g/mol. The number of para-hydroxylation sites is 1. The van der Waals surface area contributed by atoms with Crippen molar-refractivity contribution in [3.63, 3.8) is 0 Å². The third kappa shape index (κ3) is 4.01. The van der Waals surface area contributed by atoms with E-state index in [4.69, 9.17) is 33.2 Å². The van der Waals surface area contributed by atoms with E-state index in [9.17, 15) is 0 Å². The summed E-state index contributed by atoms with van der Waals surface area (Å²) in [5.74, 6) is 0.669. The molecule has 2 rings (SSSR count). The van der Waals surface area contributed by atoms with Crippen LogP contribution >= 0.6 is 23.2 Å². The Morgan fingerprint density at radius 1 is 1.33 bits per heavy atom. The SMILES string of the molecule is Cc1cc(Cl)nc(Cl)c1NCc1ccccc1OCC#N. The molecule has 4 nitrogen and oxygen atoms in total. The lowest BCUT2D eigenvalue weighted by molar-refractivity contribution is 0.364. The van der Waals surface area contributed by atoms with Gasteiger partial charge < -0.3 is 10.1 Å². The molecule has 108 valence electrons. The molecule has 0 radical (unpaired) electrons. The van der Waals surface area contributed by atoms with E-state index in [2.05, 4.69) is 10.3 Å². The van der Waals surface area contributed by atoms with Crippen molar-refractivity contribution in [3.8, 4) is 11.8 Å². The van der Waals surface area contributed by atoms with E-state index in [-0.39, 0.29) is 6.61 Å². The van der Waals surface area contributed by atoms with Crippen LogP contribution in [0.5, 0.6) is 5.75 Å². The van der Waals surface area contributed by atoms with E-state index in [1.54, 1.807) is 6.07 Å². The van der Waals surface area contributed by atoms with Crippen molar-refractivity contribution in [1.82, 2.24) is 4.98 Å². The Morgan fingerprint density at radius 2 is 2.10 bits per heavy atom. The van der Waals surface area contributed by atoms with E-state index in [1.807, 2.05) is 37.3 Å². The molecule has 0 unspecified atom stereocenters. The Bertz CT molecular complexity index is 660. The Labute approximate surface area is 133 Å². The van der Waals surface area contributed by atoms with Gasteiger partial charge in [-0.2, -0.15) is 5.26 Å². The Hall–Kier alpha value is -1.96. The highest BCUT2D eigenvalue weighted by molar-refractivity contribution is 6.34. The molecule has 6 heteroatoms. The molecular formula is C15H13Cl2N3O. The van der Waals surface area contributed by atoms with Gasteiger partial charge in [0.2, 0.25) is 0 Å². The summed E-state index contributed by atoms with van der Waals surface area (Å²) in [5, 5.41) is 12.5. The summed E-state index contributed by atoms with van der Waals surface area (Å²) in [6.07, 6.45) is 0. The maximum Gasteiger partial charge on any atom is 0.174 e. The number of nitrogens with one attached hydrogen (secondary N) is 1. The van der Waals surface area contributed by atoms with Gasteiger partial charge in [-0.25, -0.2) is 4.98 Å². The molecule has 0 amide bonds. The fourth-order valence-corrected chi connectivity index (χ4v) is 2.49. The summed E-state index contributed by atoms with van der Waals surface area (Å²) in [4.78, 5) is 4.01. The quantitative estimate of drug-likeness (QED) is 0.838. The van der Waals surface area contributed by atoms with E-state index in [0.29, 0.717) is 22.6 Å². The van der Waals surface area contributed by atoms with Crippen molar-refractivity contribution < 1.29 is 4.74 Å². The smallest absolute Gasteiger partial charge is 0.174 e. The molecule has 0 aliphatic carbocycles. The number of aryl methyl sites for hydroxylation is 1. The number of hydrogen-bond acceptors (Lipinski definition) is 4. The number of rotatable bonds is 5. The van der Waals surface area contributed by atoms with Crippen LogP contribution in [-0.4, -0.2) is 11.6 Å². The Kier molecular flexibility index (Phi) is 5.26. The summed E-state index contributed by atoms with van der Waals surface area (Å²) >= 11 is 11.9. The lowest BCUT2D eigenvalue weighted by Crippen LogP contribution is -2.05. The topological polar surface area (TPSA) is 57.9 Å². The summed E-state index contributed by atoms with van der Waals surface area (Å²) in [7, 11) is 0. The zero-order chi connectivity index (χ0) is 15.2. The first-order valence-corrected chi connectivity index (χ1v) is 7.01. The molecule has 21 heavy (non-hydrogen) atoms. The van der Waals surface area contributed by atoms with Crippen LogP contribution in [0.4, 0.5) is 5.69 Å². The number of aromatic nitrogens is 1. The van der Waals surface area contributed by atoms with Gasteiger partial charge in [0.1, 0.15) is 17.0 Å². The van der Waals surface area contributed by atoms with Crippen molar-refractivity contribution >= 4 is 28.9 Å². The van der Waals surface area contributed by atoms with Gasteiger partial charge >= 0.3 is 0 Å². The highest BCUT2D eigenvalue weighted by Gasteiger charge is 2.09. The van der Waals surface area contributed by atoms with Gasteiger partial charge in [0.25, 0.3) is 0 Å². The number of ether oxygens (including phenoxy) is 1. The molecule has 0 atom stereocenters. The van der Waals surface area contributed by atoms with Crippen molar-refractivity contribution in [1.29, 1.82) is 5.26 Å². The van der Waals surface area contributed by atoms with Gasteiger partial charge in [-0.15, -0.1) is 0 Å². The third-order valence-corrected chi connectivity index (χ3v) is 3.33. The Balaban J connectivity index is 2.16. The number of hydrogen-bond donors (Lipinski definition) is 1. The highest BCUT2D eigenvalue weighted by atomic mass is 35.5. The number of halogens is 2. The van der Waals surface area contributed by atoms with Gasteiger partial charge in [-0.3, -0.25) is 0 Å². The number of pyridine rings is 1. The van der Waals surface area contributed by atoms with Crippen LogP contribution in [-0.2, 0) is 6.54 Å². The average Bonchev–Trinajstić information content (AvgIpc) is 2.45. The second kappa shape index (κ2) is 7.16. The largest absolute Gasteiger partial charge is 0.478 e. The minimum absolute atomic E-state index is 0.0132. The maximum atomic E-state index is 8.60. The van der Waals surface area contributed by atoms with Crippen LogP contribution in [0.1, 0.15) is 11.1 Å². The summed E-state index contributed by atoms with van der Waals surface area (Å²) in [5.41, 5.74) is 2.57. The minimum Gasteiger partial charge on any atom is -0.478 e. The molecule has 0 saturated carbocycles. The molecule has 0 spiro atoms. The zero-order valence-electron chi connectivity index (χ0n) is 11.4. The van der Waals surface area contributed by atoms with Crippen molar-refractivity contribution in [2.45, 2.75) is 13.5 Å². The molecule has 1 heterocycles. The second-order valence-corrected chi connectivity index (χ2v) is 5.08. The maximum absolute atomic E-state index is 8.60. The molecule has 0 bridgehead atoms. The Morgan fingerprint density at radius 3 is 2.81 bits per heavy atom. The molecule has 1 aromatic carbocycles. The normalized spacial score (nSPS) is 10.0. The van der Waals surface area contributed by atoms with Crippen molar-refractivity contribution in [3.05, 3.63) is 51.8 Å². The van der Waals surface area contributed by atoms with Gasteiger partial charge in [0, 0.05) is 12.1 Å². The van der Waals surface area contributed by atoms with Crippen LogP contribution in [0.25, 0.3) is 0 Å². The van der Waals surface area contributed by atoms with Gasteiger partial charge in [-0.05, 0) is 24.6 Å². The minimum atomic E-state index is 0.0132. The molecule has 0 aliphatic rings. The predicted octanol–water partition coefficient (Wildman–Crippen LogP) is 4.21. The summed E-state index contributed by atoms with van der Waals surface area (Å²) in [6.45, 7) is 2.42. The van der Waals surface area contributed by atoms with Crippen LogP contribution < -0.4 is 10.1 Å². The fourth-order valence-electron chi connectivity index (χ4n) is 1.89. The molecule has 0 aliphatic heterocycles. The van der Waals surface area contributed by atoms with E-state index in [0.717, 1.165) is 16.8 Å². The van der Waals surface area contributed by atoms with E-state index in [1.165, 1.54) is 0 Å². The number of benzene rings is 1. The van der Waals surface area contributed by atoms with Crippen LogP contribution in [0.15, 0.2) is 30.3 Å². The highest BCUT2D eigenvalue weighted by Crippen LogP contribution is 2.28. The standard InChI is InChI=1S/C15H13Cl2N3O/c1-10-8-13(16)20-15(17)14(10)19-9-11-4-2-3-5-12(11)21-7-6-18/h2-5,8,19H,7,9H2,1H3. The van der Waals surface area contributed by atoms with Crippen LogP contribution in [0.3, 0.4) is 0 Å². The molecule has 0 fully saturated rings. The fraction of sp³-hybridized carbons (Fsp3) is 0.200. The molecular weight excluding hydrogens is 309 g/mol. The van der Waals surface area contributed by atoms with E-state index < -0.39 is 0 Å². The molecule has 2 aromatic rings. The van der Waals surface area contributed by atoms with Crippen LogP contribution in [0.2, 0.25) is 10.3 Å². The molecule has 1 aromatic heterocycles. The predicted molar refractivity (Wildman–Crippen MR) is 83.9 cm³/mol. The van der Waals surface area contributed by atoms with E-state index >= 15 is 0 Å². The summed E-state index contributed by atoms with van der Waals surface area (Å²) in [6, 6.07) is 11.2. The van der Waals surface area contributed by atoms with Crippen molar-refractivity contribution in [2.75, 3.05) is 11.9 Å². The number of nitriles is 1. The number of nitrogens with zero attached hydrogens (tertiary/aromatic N) is 2. The lowest BCUT2D eigenvalue weighted by atomic mass is 10.2. The van der Waals surface area contributed by atoms with Gasteiger partial charge in [0.15, 0.2) is 11.8 Å². The van der Waals surface area contributed by atoms with Crippen molar-refractivity contribution in [2.24, 2.45) is 0 Å². The first kappa shape index (κ1) is 15.4. The molecule has 0 saturated heterocycles. The van der Waals surface area contributed by atoms with Gasteiger partial charge in [-0.1, -0.05) is 41.4 Å². The summed E-state index contributed by atoms with van der Waals surface area (Å²) < 4.78 is 5.38. The molecule has 1 N–H and O–H groups in total. The third-order valence-electron chi connectivity index (χ3n) is 2.86. The first-order valence-electron chi connectivity index (χ1n) is 6.26. The van der Waals surface area contributed by atoms with Crippen LogP contribution in [0, 0.1) is 18.3 Å². The lowest BCUT2D eigenvalue weighted by Gasteiger charge is -2.13. The number of anilines is 1. The zero-order valence-corrected chi connectivity index (χ0v) is 12.9.